The highest BCUT2D eigenvalue weighted by atomic mass is 35.5. The van der Waals surface area contributed by atoms with Gasteiger partial charge in [0, 0.05) is 12.1 Å². The second-order valence-corrected chi connectivity index (χ2v) is 1.68. The third-order valence-electron chi connectivity index (χ3n) is 0.658. The molecule has 0 rings (SSSR count). The van der Waals surface area contributed by atoms with Crippen LogP contribution in [0.2, 0.25) is 0 Å². The lowest BCUT2D eigenvalue weighted by Gasteiger charge is -1.98. The van der Waals surface area contributed by atoms with Gasteiger partial charge in [-0.2, -0.15) is 0 Å². The van der Waals surface area contributed by atoms with E-state index in [0.717, 1.165) is 6.54 Å². The Kier molecular flexibility index (Phi) is 7.91. The molecule has 0 amide bonds. The quantitative estimate of drug-likeness (QED) is 0.471. The summed E-state index contributed by atoms with van der Waals surface area (Å²) in [6.45, 7) is 3.22. The normalized spacial score (nSPS) is 10.9. The van der Waals surface area contributed by atoms with E-state index in [4.69, 9.17) is 16.4 Å². The van der Waals surface area contributed by atoms with Gasteiger partial charge >= 0.3 is 0 Å². The number of hydrogen-bond acceptors (Lipinski definition) is 2. The first-order valence-corrected chi connectivity index (χ1v) is 3.23. The number of nitrogens with one attached hydrogen (secondary N) is 1. The SMILES string of the molecule is C[CH]CNOCC=CCl. The summed E-state index contributed by atoms with van der Waals surface area (Å²) < 4.78 is 0. The molecule has 0 spiro atoms. The van der Waals surface area contributed by atoms with Crippen LogP contribution in [0.5, 0.6) is 0 Å². The summed E-state index contributed by atoms with van der Waals surface area (Å²) in [6, 6.07) is 0. The zero-order chi connectivity index (χ0) is 6.95. The molecule has 0 fully saturated rings. The second kappa shape index (κ2) is 7.95. The predicted molar refractivity (Wildman–Crippen MR) is 38.9 cm³/mol. The van der Waals surface area contributed by atoms with E-state index in [1.807, 2.05) is 13.3 Å². The fraction of sp³-hybridized carbons (Fsp3) is 0.500. The third-order valence-corrected chi connectivity index (χ3v) is 0.836. The fourth-order valence-electron chi connectivity index (χ4n) is 0.286. The maximum absolute atomic E-state index is 5.22. The van der Waals surface area contributed by atoms with E-state index in [-0.39, 0.29) is 0 Å². The van der Waals surface area contributed by atoms with E-state index < -0.39 is 0 Å². The Morgan fingerprint density at radius 3 is 3.00 bits per heavy atom. The zero-order valence-electron chi connectivity index (χ0n) is 5.43. The first-order chi connectivity index (χ1) is 4.41. The Hall–Kier alpha value is -0.0500. The molecule has 0 aliphatic carbocycles. The van der Waals surface area contributed by atoms with Crippen LogP contribution < -0.4 is 5.48 Å². The minimum Gasteiger partial charge on any atom is -0.298 e. The van der Waals surface area contributed by atoms with Crippen LogP contribution in [0.4, 0.5) is 0 Å². The number of hydrogen-bond donors (Lipinski definition) is 1. The van der Waals surface area contributed by atoms with Gasteiger partial charge in [0.1, 0.15) is 0 Å². The topological polar surface area (TPSA) is 21.3 Å². The van der Waals surface area contributed by atoms with E-state index >= 15 is 0 Å². The highest BCUT2D eigenvalue weighted by Crippen LogP contribution is 1.77. The van der Waals surface area contributed by atoms with Crippen molar-refractivity contribution >= 4 is 11.6 Å². The second-order valence-electron chi connectivity index (χ2n) is 1.43. The minimum absolute atomic E-state index is 0.511. The van der Waals surface area contributed by atoms with Crippen LogP contribution in [0.1, 0.15) is 6.92 Å². The lowest BCUT2D eigenvalue weighted by atomic mass is 10.5. The molecule has 2 nitrogen and oxygen atoms in total. The Morgan fingerprint density at radius 2 is 2.44 bits per heavy atom. The molecule has 0 aliphatic heterocycles. The van der Waals surface area contributed by atoms with Crippen molar-refractivity contribution in [1.82, 2.24) is 5.48 Å². The molecular weight excluding hydrogens is 138 g/mol. The van der Waals surface area contributed by atoms with Crippen LogP contribution in [0.25, 0.3) is 0 Å². The van der Waals surface area contributed by atoms with E-state index in [9.17, 15) is 0 Å². The molecular formula is C6H11ClNO. The molecule has 0 atom stereocenters. The van der Waals surface area contributed by atoms with Gasteiger partial charge in [-0.1, -0.05) is 18.5 Å². The monoisotopic (exact) mass is 148 g/mol. The summed E-state index contributed by atoms with van der Waals surface area (Å²) in [5.74, 6) is 0. The summed E-state index contributed by atoms with van der Waals surface area (Å²) in [4.78, 5) is 4.86. The Morgan fingerprint density at radius 1 is 1.67 bits per heavy atom. The summed E-state index contributed by atoms with van der Waals surface area (Å²) in [6.07, 6.45) is 3.68. The maximum Gasteiger partial charge on any atom is 0.0875 e. The predicted octanol–water partition coefficient (Wildman–Crippen LogP) is 1.48. The first kappa shape index (κ1) is 8.95. The molecule has 0 saturated heterocycles. The number of halogens is 1. The van der Waals surface area contributed by atoms with Crippen molar-refractivity contribution in [2.75, 3.05) is 13.2 Å². The average molecular weight is 149 g/mol. The van der Waals surface area contributed by atoms with Gasteiger partial charge < -0.3 is 0 Å². The van der Waals surface area contributed by atoms with E-state index in [2.05, 4.69) is 5.48 Å². The standard InChI is InChI=1S/C6H11ClNO/c1-2-5-8-9-6-3-4-7/h2-4,8H,5-6H2,1H3. The smallest absolute Gasteiger partial charge is 0.0875 e. The van der Waals surface area contributed by atoms with Crippen molar-refractivity contribution in [2.45, 2.75) is 6.92 Å². The highest BCUT2D eigenvalue weighted by molar-refractivity contribution is 6.25. The van der Waals surface area contributed by atoms with Crippen LogP contribution >= 0.6 is 11.6 Å². The van der Waals surface area contributed by atoms with Crippen molar-refractivity contribution in [1.29, 1.82) is 0 Å². The van der Waals surface area contributed by atoms with Crippen LogP contribution in [0, 0.1) is 6.42 Å². The molecule has 9 heavy (non-hydrogen) atoms. The molecule has 0 aromatic rings. The summed E-state index contributed by atoms with van der Waals surface area (Å²) in [5, 5.41) is 0. The summed E-state index contributed by atoms with van der Waals surface area (Å²) >= 11 is 5.22. The van der Waals surface area contributed by atoms with Crippen LogP contribution in [0.15, 0.2) is 11.6 Å². The van der Waals surface area contributed by atoms with E-state index in [0.29, 0.717) is 6.61 Å². The number of hydroxylamine groups is 1. The van der Waals surface area contributed by atoms with Gasteiger partial charge in [0.25, 0.3) is 0 Å². The highest BCUT2D eigenvalue weighted by Gasteiger charge is 1.78. The van der Waals surface area contributed by atoms with Crippen molar-refractivity contribution in [3.63, 3.8) is 0 Å². The molecule has 3 heteroatoms. The van der Waals surface area contributed by atoms with Crippen LogP contribution in [-0.2, 0) is 4.84 Å². The van der Waals surface area contributed by atoms with Crippen molar-refractivity contribution in [3.05, 3.63) is 18.0 Å². The molecule has 1 radical (unpaired) electrons. The molecule has 0 unspecified atom stereocenters. The molecule has 1 N–H and O–H groups in total. The van der Waals surface area contributed by atoms with Crippen LogP contribution in [-0.4, -0.2) is 13.2 Å². The lowest BCUT2D eigenvalue weighted by Crippen LogP contribution is -2.15. The third kappa shape index (κ3) is 7.95. The van der Waals surface area contributed by atoms with Gasteiger partial charge in [-0.15, -0.1) is 0 Å². The summed E-state index contributed by atoms with van der Waals surface area (Å²) in [5.41, 5.74) is 4.13. The number of rotatable bonds is 5. The maximum atomic E-state index is 5.22. The van der Waals surface area contributed by atoms with Gasteiger partial charge in [0.2, 0.25) is 0 Å². The molecule has 0 aliphatic rings. The molecule has 53 valence electrons. The molecule has 0 aromatic carbocycles. The van der Waals surface area contributed by atoms with E-state index in [1.54, 1.807) is 6.08 Å². The van der Waals surface area contributed by atoms with Crippen molar-refractivity contribution < 1.29 is 4.84 Å². The van der Waals surface area contributed by atoms with Crippen LogP contribution in [0.3, 0.4) is 0 Å². The minimum atomic E-state index is 0.511. The molecule has 0 saturated carbocycles. The first-order valence-electron chi connectivity index (χ1n) is 2.79. The van der Waals surface area contributed by atoms with Gasteiger partial charge in [-0.3, -0.25) is 4.84 Å². The summed E-state index contributed by atoms with van der Waals surface area (Å²) in [7, 11) is 0. The van der Waals surface area contributed by atoms with Gasteiger partial charge in [-0.05, 0) is 12.5 Å². The molecule has 0 bridgehead atoms. The molecule has 0 heterocycles. The Balaban J connectivity index is 2.75. The van der Waals surface area contributed by atoms with Crippen molar-refractivity contribution in [2.24, 2.45) is 0 Å². The van der Waals surface area contributed by atoms with E-state index in [1.165, 1.54) is 5.54 Å². The van der Waals surface area contributed by atoms with Gasteiger partial charge in [-0.25, -0.2) is 5.48 Å². The average Bonchev–Trinajstić information content (AvgIpc) is 1.89. The zero-order valence-corrected chi connectivity index (χ0v) is 6.19. The van der Waals surface area contributed by atoms with Gasteiger partial charge in [0.15, 0.2) is 0 Å². The molecule has 0 aromatic heterocycles. The lowest BCUT2D eigenvalue weighted by molar-refractivity contribution is 0.0685. The largest absolute Gasteiger partial charge is 0.298 e. The fourth-order valence-corrected chi connectivity index (χ4v) is 0.358. The van der Waals surface area contributed by atoms with Crippen molar-refractivity contribution in [3.8, 4) is 0 Å². The Labute approximate surface area is 60.8 Å². The Bertz CT molecular complexity index is 75.5. The van der Waals surface area contributed by atoms with Gasteiger partial charge in [0.05, 0.1) is 6.61 Å².